The number of aliphatic hydroxyl groups excluding tert-OH is 1. The van der Waals surface area contributed by atoms with E-state index in [1.54, 1.807) is 0 Å². The normalized spacial score (nSPS) is 26.5. The summed E-state index contributed by atoms with van der Waals surface area (Å²) in [6.07, 6.45) is 4.56. The predicted octanol–water partition coefficient (Wildman–Crippen LogP) is 2.44. The Morgan fingerprint density at radius 2 is 1.96 bits per heavy atom. The van der Waals surface area contributed by atoms with Gasteiger partial charge in [-0.2, -0.15) is 0 Å². The third-order valence-corrected chi connectivity index (χ3v) is 6.11. The first-order valence-electron chi connectivity index (χ1n) is 9.86. The fourth-order valence-electron chi connectivity index (χ4n) is 4.71. The van der Waals surface area contributed by atoms with Gasteiger partial charge in [-0.3, -0.25) is 4.98 Å². The molecule has 27 heavy (non-hydrogen) atoms. The number of hydrogen-bond donors (Lipinski definition) is 1. The van der Waals surface area contributed by atoms with Gasteiger partial charge in [0.25, 0.3) is 0 Å². The summed E-state index contributed by atoms with van der Waals surface area (Å²) < 4.78 is 0. The molecule has 0 amide bonds. The van der Waals surface area contributed by atoms with Crippen molar-refractivity contribution in [3.63, 3.8) is 0 Å². The number of aliphatic hydroxyl groups is 1. The van der Waals surface area contributed by atoms with Crippen molar-refractivity contribution in [2.24, 2.45) is 5.41 Å². The lowest BCUT2D eigenvalue weighted by atomic mass is 9.71. The Morgan fingerprint density at radius 3 is 2.78 bits per heavy atom. The SMILES string of the molecule is Cc1ccc(-c2ccnc(N3CCC[C@]4(CN(C)CC[C@@H]4O)C3)n2)c(C)n1. The number of aromatic nitrogens is 3. The molecule has 6 heteroatoms. The molecule has 2 atom stereocenters. The van der Waals surface area contributed by atoms with Crippen LogP contribution < -0.4 is 4.90 Å². The van der Waals surface area contributed by atoms with Crippen molar-refractivity contribution >= 4 is 5.95 Å². The first-order chi connectivity index (χ1) is 13.0. The van der Waals surface area contributed by atoms with Crippen LogP contribution in [0.3, 0.4) is 0 Å². The van der Waals surface area contributed by atoms with Crippen molar-refractivity contribution < 1.29 is 5.11 Å². The Morgan fingerprint density at radius 1 is 1.11 bits per heavy atom. The van der Waals surface area contributed by atoms with E-state index in [0.717, 1.165) is 74.0 Å². The standard InChI is InChI=1S/C21H29N5O/c1-15-5-6-17(16(2)23-15)18-7-10-22-20(24-18)26-11-4-9-21(14-26)13-25(3)12-8-19(21)27/h5-7,10,19,27H,4,8-9,11-14H2,1-3H3/t19-,21-/m0/s1. The Bertz CT molecular complexity index is 826. The van der Waals surface area contributed by atoms with E-state index in [1.165, 1.54) is 0 Å². The molecule has 144 valence electrons. The second-order valence-electron chi connectivity index (χ2n) is 8.26. The summed E-state index contributed by atoms with van der Waals surface area (Å²) in [7, 11) is 2.15. The molecule has 2 aromatic heterocycles. The second kappa shape index (κ2) is 7.17. The summed E-state index contributed by atoms with van der Waals surface area (Å²) in [6.45, 7) is 7.68. The van der Waals surface area contributed by atoms with E-state index >= 15 is 0 Å². The van der Waals surface area contributed by atoms with Crippen molar-refractivity contribution in [1.82, 2.24) is 19.9 Å². The third-order valence-electron chi connectivity index (χ3n) is 6.11. The van der Waals surface area contributed by atoms with Gasteiger partial charge in [0.05, 0.1) is 11.8 Å². The molecule has 6 nitrogen and oxygen atoms in total. The fraction of sp³-hybridized carbons (Fsp3) is 0.571. The van der Waals surface area contributed by atoms with Gasteiger partial charge in [-0.25, -0.2) is 9.97 Å². The molecular weight excluding hydrogens is 338 g/mol. The second-order valence-corrected chi connectivity index (χ2v) is 8.26. The highest BCUT2D eigenvalue weighted by Gasteiger charge is 2.45. The minimum Gasteiger partial charge on any atom is -0.392 e. The number of likely N-dealkylation sites (tertiary alicyclic amines) is 1. The summed E-state index contributed by atoms with van der Waals surface area (Å²) in [5, 5.41) is 10.8. The lowest BCUT2D eigenvalue weighted by Gasteiger charge is -2.50. The summed E-state index contributed by atoms with van der Waals surface area (Å²) in [4.78, 5) is 18.6. The molecule has 0 unspecified atom stereocenters. The minimum absolute atomic E-state index is 0.0774. The average Bonchev–Trinajstić information content (AvgIpc) is 2.65. The van der Waals surface area contributed by atoms with Gasteiger partial charge < -0.3 is 14.9 Å². The maximum Gasteiger partial charge on any atom is 0.225 e. The molecule has 2 aliphatic heterocycles. The molecule has 0 aromatic carbocycles. The summed E-state index contributed by atoms with van der Waals surface area (Å²) in [5.74, 6) is 0.756. The maximum absolute atomic E-state index is 10.8. The van der Waals surface area contributed by atoms with Crippen LogP contribution in [0.1, 0.15) is 30.7 Å². The summed E-state index contributed by atoms with van der Waals surface area (Å²) in [5.41, 5.74) is 3.88. The van der Waals surface area contributed by atoms with Crippen molar-refractivity contribution in [2.75, 3.05) is 38.1 Å². The van der Waals surface area contributed by atoms with Crippen LogP contribution in [-0.2, 0) is 0 Å². The van der Waals surface area contributed by atoms with E-state index in [1.807, 2.05) is 32.2 Å². The maximum atomic E-state index is 10.8. The van der Waals surface area contributed by atoms with E-state index in [4.69, 9.17) is 4.98 Å². The fourth-order valence-corrected chi connectivity index (χ4v) is 4.71. The van der Waals surface area contributed by atoms with E-state index < -0.39 is 0 Å². The molecule has 1 spiro atoms. The van der Waals surface area contributed by atoms with Crippen LogP contribution in [0.4, 0.5) is 5.95 Å². The molecule has 4 rings (SSSR count). The van der Waals surface area contributed by atoms with Crippen molar-refractivity contribution in [3.8, 4) is 11.3 Å². The molecule has 0 saturated carbocycles. The number of piperidine rings is 2. The molecule has 0 radical (unpaired) electrons. The monoisotopic (exact) mass is 367 g/mol. The average molecular weight is 367 g/mol. The van der Waals surface area contributed by atoms with Gasteiger partial charge >= 0.3 is 0 Å². The number of pyridine rings is 1. The third kappa shape index (κ3) is 3.56. The van der Waals surface area contributed by atoms with Crippen LogP contribution in [0.25, 0.3) is 11.3 Å². The number of hydrogen-bond acceptors (Lipinski definition) is 6. The highest BCUT2D eigenvalue weighted by atomic mass is 16.3. The summed E-state index contributed by atoms with van der Waals surface area (Å²) >= 11 is 0. The molecule has 2 saturated heterocycles. The van der Waals surface area contributed by atoms with Gasteiger partial charge in [-0.15, -0.1) is 0 Å². The molecule has 2 aromatic rings. The zero-order valence-corrected chi connectivity index (χ0v) is 16.5. The molecule has 4 heterocycles. The topological polar surface area (TPSA) is 65.4 Å². The van der Waals surface area contributed by atoms with Crippen molar-refractivity contribution in [3.05, 3.63) is 35.8 Å². The highest BCUT2D eigenvalue weighted by Crippen LogP contribution is 2.39. The van der Waals surface area contributed by atoms with Gasteiger partial charge in [0.15, 0.2) is 0 Å². The van der Waals surface area contributed by atoms with Gasteiger partial charge in [-0.1, -0.05) is 0 Å². The molecule has 2 fully saturated rings. The van der Waals surface area contributed by atoms with Crippen LogP contribution >= 0.6 is 0 Å². The number of anilines is 1. The van der Waals surface area contributed by atoms with Crippen molar-refractivity contribution in [2.45, 2.75) is 39.2 Å². The van der Waals surface area contributed by atoms with E-state index in [0.29, 0.717) is 0 Å². The first kappa shape index (κ1) is 18.3. The first-order valence-corrected chi connectivity index (χ1v) is 9.86. The van der Waals surface area contributed by atoms with Crippen LogP contribution in [0.2, 0.25) is 0 Å². The molecule has 2 aliphatic rings. The lowest BCUT2D eigenvalue weighted by molar-refractivity contribution is -0.0467. The van der Waals surface area contributed by atoms with Crippen molar-refractivity contribution in [1.29, 1.82) is 0 Å². The molecule has 0 bridgehead atoms. The van der Waals surface area contributed by atoms with Crippen LogP contribution in [0.15, 0.2) is 24.4 Å². The Kier molecular flexibility index (Phi) is 4.86. The quantitative estimate of drug-likeness (QED) is 0.879. The van der Waals surface area contributed by atoms with Crippen LogP contribution in [-0.4, -0.2) is 64.3 Å². The Balaban J connectivity index is 1.62. The minimum atomic E-state index is -0.247. The van der Waals surface area contributed by atoms with E-state index in [-0.39, 0.29) is 11.5 Å². The van der Waals surface area contributed by atoms with Gasteiger partial charge in [0.2, 0.25) is 5.95 Å². The van der Waals surface area contributed by atoms with Crippen LogP contribution in [0.5, 0.6) is 0 Å². The zero-order valence-electron chi connectivity index (χ0n) is 16.5. The number of rotatable bonds is 2. The van der Waals surface area contributed by atoms with Gasteiger partial charge in [-0.05, 0) is 58.4 Å². The predicted molar refractivity (Wildman–Crippen MR) is 107 cm³/mol. The van der Waals surface area contributed by atoms with E-state index in [2.05, 4.69) is 32.9 Å². The van der Waals surface area contributed by atoms with Gasteiger partial charge in [0, 0.05) is 54.7 Å². The largest absolute Gasteiger partial charge is 0.392 e. The lowest BCUT2D eigenvalue weighted by Crippen LogP contribution is -2.58. The smallest absolute Gasteiger partial charge is 0.225 e. The highest BCUT2D eigenvalue weighted by molar-refractivity contribution is 5.62. The van der Waals surface area contributed by atoms with E-state index in [9.17, 15) is 5.11 Å². The zero-order chi connectivity index (χ0) is 19.0. The Hall–Kier alpha value is -2.05. The van der Waals surface area contributed by atoms with Gasteiger partial charge in [0.1, 0.15) is 0 Å². The number of aryl methyl sites for hydroxylation is 2. The van der Waals surface area contributed by atoms with Crippen LogP contribution in [0, 0.1) is 19.3 Å². The Labute approximate surface area is 161 Å². The number of nitrogens with zero attached hydrogens (tertiary/aromatic N) is 5. The molecule has 0 aliphatic carbocycles. The summed E-state index contributed by atoms with van der Waals surface area (Å²) in [6, 6.07) is 6.06. The molecular formula is C21H29N5O. The molecule has 1 N–H and O–H groups in total.